The number of halogens is 4. The van der Waals surface area contributed by atoms with Crippen LogP contribution in [0.2, 0.25) is 10.0 Å². The topological polar surface area (TPSA) is 100 Å². The van der Waals surface area contributed by atoms with Crippen LogP contribution in [0.5, 0.6) is 11.5 Å². The fourth-order valence-corrected chi connectivity index (χ4v) is 8.60. The van der Waals surface area contributed by atoms with Crippen molar-refractivity contribution in [3.63, 3.8) is 0 Å². The molecule has 288 valence electrons. The lowest BCUT2D eigenvalue weighted by Gasteiger charge is -2.48. The summed E-state index contributed by atoms with van der Waals surface area (Å²) in [4.78, 5) is 33.9. The lowest BCUT2D eigenvalue weighted by atomic mass is 9.73. The minimum absolute atomic E-state index is 0.0686. The van der Waals surface area contributed by atoms with Crippen LogP contribution in [0.1, 0.15) is 76.7 Å². The number of carbonyl (C=O) groups excluding carboxylic acids is 2. The molecule has 0 spiro atoms. The monoisotopic (exact) mass is 802 g/mol. The molecule has 3 saturated heterocycles. The van der Waals surface area contributed by atoms with Gasteiger partial charge in [-0.15, -0.1) is 11.3 Å². The average Bonchev–Trinajstić information content (AvgIpc) is 3.89. The summed E-state index contributed by atoms with van der Waals surface area (Å²) in [5.74, 6) is -0.493. The van der Waals surface area contributed by atoms with Crippen LogP contribution in [0.4, 0.5) is 8.78 Å². The Morgan fingerprint density at radius 2 is 1.80 bits per heavy atom. The first-order chi connectivity index (χ1) is 26.1. The van der Waals surface area contributed by atoms with Gasteiger partial charge in [-0.3, -0.25) is 5.32 Å². The first-order valence-corrected chi connectivity index (χ1v) is 20.1. The molecule has 3 aromatic rings. The Balaban J connectivity index is 1.06. The number of pyridine rings is 1. The molecule has 0 radical (unpaired) electrons. The zero-order valence-corrected chi connectivity index (χ0v) is 32.1. The molecule has 54 heavy (non-hydrogen) atoms. The number of hydrogen-bond acceptors (Lipinski definition) is 9. The number of ether oxygens (including phenoxy) is 4. The minimum Gasteiger partial charge on any atom is -0.489 e. The lowest BCUT2D eigenvalue weighted by molar-refractivity contribution is -0.377. The van der Waals surface area contributed by atoms with Gasteiger partial charge >= 0.3 is 18.6 Å². The summed E-state index contributed by atoms with van der Waals surface area (Å²) in [6, 6.07) is 7.42. The van der Waals surface area contributed by atoms with Gasteiger partial charge in [0.05, 0.1) is 13.2 Å². The third-order valence-electron chi connectivity index (χ3n) is 10.8. The highest BCUT2D eigenvalue weighted by atomic mass is 35.5. The summed E-state index contributed by atoms with van der Waals surface area (Å²) in [5.41, 5.74) is 2.07. The molecule has 2 N–H and O–H groups in total. The molecular weight excluding hydrogens is 759 g/mol. The van der Waals surface area contributed by atoms with Gasteiger partial charge in [-0.25, -0.2) is 14.6 Å². The second kappa shape index (κ2) is 17.5. The van der Waals surface area contributed by atoms with Crippen LogP contribution in [0.3, 0.4) is 0 Å². The number of nitrogens with zero attached hydrogens (tertiary/aromatic N) is 1. The fourth-order valence-electron chi connectivity index (χ4n) is 7.23. The molecule has 1 aromatic carbocycles. The number of nitrogens with one attached hydrogen (secondary N) is 2. The van der Waals surface area contributed by atoms with Crippen molar-refractivity contribution in [2.45, 2.75) is 76.7 Å². The molecule has 0 amide bonds. The van der Waals surface area contributed by atoms with Crippen LogP contribution in [0, 0.1) is 11.3 Å². The predicted octanol–water partition coefficient (Wildman–Crippen LogP) is 8.16. The molecule has 2 bridgehead atoms. The van der Waals surface area contributed by atoms with Crippen molar-refractivity contribution in [1.82, 2.24) is 10.2 Å². The van der Waals surface area contributed by atoms with Gasteiger partial charge in [-0.2, -0.15) is 8.78 Å². The molecule has 1 saturated carbocycles. The second-order valence-corrected chi connectivity index (χ2v) is 16.5. The summed E-state index contributed by atoms with van der Waals surface area (Å²) in [5, 5.41) is 4.10. The number of fused-ring (bicyclic) bond motifs is 3. The van der Waals surface area contributed by atoms with Gasteiger partial charge in [-0.1, -0.05) is 47.5 Å². The largest absolute Gasteiger partial charge is 0.489 e. The summed E-state index contributed by atoms with van der Waals surface area (Å²) >= 11 is 14.3. The van der Waals surface area contributed by atoms with Crippen molar-refractivity contribution in [1.29, 1.82) is 0 Å². The Morgan fingerprint density at radius 1 is 1.04 bits per heavy atom. The number of H-pyrrole nitrogens is 1. The Bertz CT molecular complexity index is 1840. The molecule has 4 fully saturated rings. The number of allylic oxidation sites excluding steroid dienone is 3. The molecule has 2 aromatic heterocycles. The minimum atomic E-state index is -3.04. The maximum absolute atomic E-state index is 13.8. The molecular formula is C40H44Cl2F2N3O6S+. The number of aromatic amines is 1. The smallest absolute Gasteiger partial charge is 0.387 e. The van der Waals surface area contributed by atoms with E-state index in [2.05, 4.69) is 21.3 Å². The first-order valence-electron chi connectivity index (χ1n) is 18.5. The van der Waals surface area contributed by atoms with Crippen LogP contribution >= 0.6 is 34.5 Å². The van der Waals surface area contributed by atoms with Crippen molar-refractivity contribution in [3.8, 4) is 11.5 Å². The number of benzene rings is 1. The van der Waals surface area contributed by atoms with Gasteiger partial charge in [0.2, 0.25) is 0 Å². The number of piperidine rings is 3. The normalized spacial score (nSPS) is 21.7. The highest BCUT2D eigenvalue weighted by molar-refractivity contribution is 7.13. The fraction of sp³-hybridized carbons (Fsp3) is 0.475. The molecule has 5 aliphatic rings. The number of hydrogen-bond donors (Lipinski definition) is 1. The third kappa shape index (κ3) is 9.81. The van der Waals surface area contributed by atoms with E-state index >= 15 is 0 Å². The molecule has 8 rings (SSSR count). The summed E-state index contributed by atoms with van der Waals surface area (Å²) in [6.07, 6.45) is 15.1. The standard InChI is InChI=1S/C40H43Cl2F2N3O6S/c41-30-21-45-22-31(42)29(30)19-33(27-8-10-32(53-39(43)44)34(18-27)50-23-25-6-7-25)52-37(48)35-11-9-28(54-35)20-46-36(26-4-2-1-3-5-26)38(49)51-24-40-12-15-47(16-13-40)17-14-40/h1-2,4,8-11,18,21-22,25,33,36,39,46H,3,5-7,12-17,19-20,23-24H2/p+1/t33-,36?/m0/s1. The highest BCUT2D eigenvalue weighted by Gasteiger charge is 2.41. The van der Waals surface area contributed by atoms with Gasteiger partial charge in [0.1, 0.15) is 27.1 Å². The molecule has 14 heteroatoms. The number of thiophene rings is 1. The first kappa shape index (κ1) is 38.7. The van der Waals surface area contributed by atoms with Crippen molar-refractivity contribution >= 4 is 46.5 Å². The van der Waals surface area contributed by atoms with E-state index in [1.165, 1.54) is 17.4 Å². The molecule has 2 atom stereocenters. The average molecular weight is 804 g/mol. The van der Waals surface area contributed by atoms with E-state index in [9.17, 15) is 18.4 Å². The van der Waals surface area contributed by atoms with Crippen LogP contribution in [0.25, 0.3) is 0 Å². The van der Waals surface area contributed by atoms with Gasteiger partial charge < -0.3 is 23.8 Å². The van der Waals surface area contributed by atoms with E-state index < -0.39 is 24.7 Å². The lowest BCUT2D eigenvalue weighted by Crippen LogP contribution is -2.51. The number of aromatic nitrogens is 1. The third-order valence-corrected chi connectivity index (χ3v) is 12.5. The van der Waals surface area contributed by atoms with Crippen molar-refractivity contribution in [3.05, 3.63) is 97.5 Å². The van der Waals surface area contributed by atoms with Crippen LogP contribution in [-0.2, 0) is 27.2 Å². The summed E-state index contributed by atoms with van der Waals surface area (Å²) < 4.78 is 49.3. The van der Waals surface area contributed by atoms with E-state index in [4.69, 9.17) is 42.1 Å². The number of alkyl halides is 2. The molecule has 1 unspecified atom stereocenters. The van der Waals surface area contributed by atoms with Crippen molar-refractivity contribution in [2.75, 3.05) is 32.8 Å². The SMILES string of the molecule is O=C(O[C@@H](Cc1c(Cl)c[nH+]cc1Cl)c1ccc(OC(F)F)c(OCC2CC2)c1)c1ccc(CNC(C(=O)OCC23CCN(CC2)CC3)C2=CC=CCC2)s1. The second-order valence-electron chi connectivity index (χ2n) is 14.6. The zero-order chi connectivity index (χ0) is 37.7. The number of carbonyl (C=O) groups is 2. The molecule has 3 aliphatic heterocycles. The van der Waals surface area contributed by atoms with E-state index in [-0.39, 0.29) is 29.3 Å². The van der Waals surface area contributed by atoms with Gasteiger partial charge in [0.25, 0.3) is 0 Å². The van der Waals surface area contributed by atoms with E-state index in [0.29, 0.717) is 51.7 Å². The van der Waals surface area contributed by atoms with Crippen LogP contribution in [-0.4, -0.2) is 62.3 Å². The van der Waals surface area contributed by atoms with Crippen LogP contribution < -0.4 is 19.8 Å². The summed E-state index contributed by atoms with van der Waals surface area (Å²) in [6.45, 7) is 1.27. The van der Waals surface area contributed by atoms with Gasteiger partial charge in [0, 0.05) is 28.8 Å². The Kier molecular flexibility index (Phi) is 12.5. The number of rotatable bonds is 17. The van der Waals surface area contributed by atoms with Crippen molar-refractivity contribution < 1.29 is 42.3 Å². The highest BCUT2D eigenvalue weighted by Crippen LogP contribution is 2.41. The predicted molar refractivity (Wildman–Crippen MR) is 201 cm³/mol. The van der Waals surface area contributed by atoms with Gasteiger partial charge in [0.15, 0.2) is 23.9 Å². The maximum atomic E-state index is 13.8. The maximum Gasteiger partial charge on any atom is 0.387 e. The quantitative estimate of drug-likeness (QED) is 0.137. The van der Waals surface area contributed by atoms with E-state index in [1.54, 1.807) is 30.6 Å². The molecule has 2 aliphatic carbocycles. The summed E-state index contributed by atoms with van der Waals surface area (Å²) in [7, 11) is 0. The van der Waals surface area contributed by atoms with Crippen molar-refractivity contribution in [2.24, 2.45) is 11.3 Å². The Labute approximate surface area is 327 Å². The molecule has 5 heterocycles. The number of esters is 2. The van der Waals surface area contributed by atoms with Crippen LogP contribution in [0.15, 0.2) is 66.5 Å². The van der Waals surface area contributed by atoms with E-state index in [0.717, 1.165) is 75.0 Å². The Morgan fingerprint density at radius 3 is 2.48 bits per heavy atom. The Hall–Kier alpha value is -3.55. The molecule has 9 nitrogen and oxygen atoms in total. The van der Waals surface area contributed by atoms with E-state index in [1.807, 2.05) is 18.2 Å². The van der Waals surface area contributed by atoms with Gasteiger partial charge in [-0.05, 0) is 106 Å². The zero-order valence-electron chi connectivity index (χ0n) is 29.8.